The maximum atomic E-state index is 13.1. The highest BCUT2D eigenvalue weighted by Crippen LogP contribution is 2.28. The zero-order chi connectivity index (χ0) is 22.9. The third-order valence-corrected chi connectivity index (χ3v) is 8.12. The number of aromatic nitrogens is 2. The molecule has 32 heavy (non-hydrogen) atoms. The molecule has 170 valence electrons. The van der Waals surface area contributed by atoms with Gasteiger partial charge in [-0.2, -0.15) is 4.31 Å². The molecule has 1 aliphatic heterocycles. The van der Waals surface area contributed by atoms with Gasteiger partial charge in [0.2, 0.25) is 10.0 Å². The van der Waals surface area contributed by atoms with Crippen molar-refractivity contribution in [1.29, 1.82) is 0 Å². The molecule has 0 radical (unpaired) electrons. The minimum absolute atomic E-state index is 0.0563. The molecule has 3 aromatic rings. The van der Waals surface area contributed by atoms with Crippen molar-refractivity contribution in [2.75, 3.05) is 26.2 Å². The van der Waals surface area contributed by atoms with Crippen molar-refractivity contribution < 1.29 is 13.2 Å². The highest BCUT2D eigenvalue weighted by molar-refractivity contribution is 7.89. The minimum Gasteiger partial charge on any atom is -0.339 e. The van der Waals surface area contributed by atoms with Crippen LogP contribution >= 0.6 is 0 Å². The van der Waals surface area contributed by atoms with Crippen LogP contribution in [0.15, 0.2) is 58.2 Å². The second-order valence-corrected chi connectivity index (χ2v) is 9.89. The molecule has 1 aromatic heterocycles. The SMILES string of the molecule is CCN(CC)C(=O)c1ccc(S(=O)(=O)N2CCC(n3c(=O)[nH]c4ccccc43)CC2)cc1. The van der Waals surface area contributed by atoms with Crippen LogP contribution in [0.4, 0.5) is 0 Å². The monoisotopic (exact) mass is 456 g/mol. The van der Waals surface area contributed by atoms with Crippen molar-refractivity contribution in [2.24, 2.45) is 0 Å². The summed E-state index contributed by atoms with van der Waals surface area (Å²) in [7, 11) is -3.67. The summed E-state index contributed by atoms with van der Waals surface area (Å²) in [5, 5.41) is 0. The van der Waals surface area contributed by atoms with Gasteiger partial charge in [-0.1, -0.05) is 12.1 Å². The van der Waals surface area contributed by atoms with Crippen molar-refractivity contribution in [3.63, 3.8) is 0 Å². The first-order chi connectivity index (χ1) is 15.4. The first kappa shape index (κ1) is 22.3. The fourth-order valence-corrected chi connectivity index (χ4v) is 5.86. The Morgan fingerprint density at radius 2 is 1.66 bits per heavy atom. The largest absolute Gasteiger partial charge is 0.339 e. The van der Waals surface area contributed by atoms with Crippen LogP contribution in [0, 0.1) is 0 Å². The average Bonchev–Trinajstić information content (AvgIpc) is 3.15. The number of hydrogen-bond donors (Lipinski definition) is 1. The third-order valence-electron chi connectivity index (χ3n) is 6.20. The number of carbonyl (C=O) groups is 1. The van der Waals surface area contributed by atoms with Gasteiger partial charge >= 0.3 is 5.69 Å². The summed E-state index contributed by atoms with van der Waals surface area (Å²) in [4.78, 5) is 29.7. The number of aromatic amines is 1. The molecule has 2 heterocycles. The van der Waals surface area contributed by atoms with E-state index in [1.807, 2.05) is 38.1 Å². The van der Waals surface area contributed by atoms with Crippen LogP contribution in [0.1, 0.15) is 43.1 Å². The summed E-state index contributed by atoms with van der Waals surface area (Å²) in [6, 6.07) is 13.6. The van der Waals surface area contributed by atoms with Crippen molar-refractivity contribution in [3.8, 4) is 0 Å². The maximum absolute atomic E-state index is 13.1. The molecule has 0 bridgehead atoms. The topological polar surface area (TPSA) is 95.5 Å². The van der Waals surface area contributed by atoms with Crippen LogP contribution in [-0.4, -0.2) is 59.3 Å². The molecular formula is C23H28N4O4S. The maximum Gasteiger partial charge on any atom is 0.326 e. The Labute approximate surface area is 187 Å². The summed E-state index contributed by atoms with van der Waals surface area (Å²) in [5.74, 6) is -0.107. The molecule has 0 saturated carbocycles. The van der Waals surface area contributed by atoms with Gasteiger partial charge in [0.05, 0.1) is 15.9 Å². The Hall–Kier alpha value is -2.91. The molecule has 1 saturated heterocycles. The van der Waals surface area contributed by atoms with E-state index in [2.05, 4.69) is 4.98 Å². The number of carbonyl (C=O) groups excluding carboxylic acids is 1. The lowest BCUT2D eigenvalue weighted by molar-refractivity contribution is 0.0773. The van der Waals surface area contributed by atoms with Gasteiger partial charge in [-0.3, -0.25) is 9.36 Å². The Kier molecular flexibility index (Phi) is 6.21. The standard InChI is InChI=1S/C23H28N4O4S/c1-3-25(4-2)22(28)17-9-11-19(12-10-17)32(30,31)26-15-13-18(14-16-26)27-21-8-6-5-7-20(21)24-23(27)29/h5-12,18H,3-4,13-16H2,1-2H3,(H,24,29). The first-order valence-electron chi connectivity index (χ1n) is 11.0. The molecule has 0 aliphatic carbocycles. The van der Waals surface area contributed by atoms with E-state index in [-0.39, 0.29) is 22.5 Å². The zero-order valence-electron chi connectivity index (χ0n) is 18.3. The fraction of sp³-hybridized carbons (Fsp3) is 0.391. The van der Waals surface area contributed by atoms with Crippen LogP contribution in [0.5, 0.6) is 0 Å². The van der Waals surface area contributed by atoms with E-state index in [9.17, 15) is 18.0 Å². The quantitative estimate of drug-likeness (QED) is 0.617. The Bertz CT molecular complexity index is 1270. The number of nitrogens with zero attached hydrogens (tertiary/aromatic N) is 3. The molecule has 9 heteroatoms. The van der Waals surface area contributed by atoms with E-state index >= 15 is 0 Å². The predicted molar refractivity (Wildman–Crippen MR) is 123 cm³/mol. The van der Waals surface area contributed by atoms with Gasteiger partial charge in [-0.05, 0) is 63.1 Å². The molecular weight excluding hydrogens is 428 g/mol. The number of amides is 1. The van der Waals surface area contributed by atoms with E-state index in [0.717, 1.165) is 11.0 Å². The lowest BCUT2D eigenvalue weighted by atomic mass is 10.1. The molecule has 2 aromatic carbocycles. The number of H-pyrrole nitrogens is 1. The number of hydrogen-bond acceptors (Lipinski definition) is 4. The van der Waals surface area contributed by atoms with Gasteiger partial charge in [0.1, 0.15) is 0 Å². The number of para-hydroxylation sites is 2. The normalized spacial score (nSPS) is 15.8. The number of piperidine rings is 1. The van der Waals surface area contributed by atoms with E-state index in [1.165, 1.54) is 16.4 Å². The van der Waals surface area contributed by atoms with Gasteiger partial charge in [0.25, 0.3) is 5.91 Å². The second-order valence-electron chi connectivity index (χ2n) is 7.95. The van der Waals surface area contributed by atoms with Crippen molar-refractivity contribution in [1.82, 2.24) is 18.8 Å². The van der Waals surface area contributed by atoms with Crippen molar-refractivity contribution >= 4 is 27.0 Å². The van der Waals surface area contributed by atoms with Gasteiger partial charge in [-0.15, -0.1) is 0 Å². The fourth-order valence-electron chi connectivity index (χ4n) is 4.39. The predicted octanol–water partition coefficient (Wildman–Crippen LogP) is 2.84. The summed E-state index contributed by atoms with van der Waals surface area (Å²) in [5.41, 5.74) is 1.94. The number of imidazole rings is 1. The second kappa shape index (κ2) is 8.91. The number of rotatable bonds is 6. The van der Waals surface area contributed by atoms with Crippen molar-refractivity contribution in [3.05, 3.63) is 64.6 Å². The van der Waals surface area contributed by atoms with Crippen LogP contribution in [0.3, 0.4) is 0 Å². The summed E-state index contributed by atoms with van der Waals surface area (Å²) in [6.07, 6.45) is 1.11. The van der Waals surface area contributed by atoms with E-state index in [4.69, 9.17) is 0 Å². The molecule has 0 unspecified atom stereocenters. The van der Waals surface area contributed by atoms with Gasteiger partial charge in [0, 0.05) is 37.8 Å². The van der Waals surface area contributed by atoms with Crippen LogP contribution in [0.25, 0.3) is 11.0 Å². The Balaban J connectivity index is 1.49. The van der Waals surface area contributed by atoms with E-state index in [0.29, 0.717) is 44.6 Å². The number of fused-ring (bicyclic) bond motifs is 1. The van der Waals surface area contributed by atoms with Gasteiger partial charge in [0.15, 0.2) is 0 Å². The van der Waals surface area contributed by atoms with Crippen LogP contribution in [0.2, 0.25) is 0 Å². The molecule has 0 atom stereocenters. The van der Waals surface area contributed by atoms with E-state index in [1.54, 1.807) is 21.6 Å². The summed E-state index contributed by atoms with van der Waals surface area (Å²) >= 11 is 0. The Morgan fingerprint density at radius 3 is 2.28 bits per heavy atom. The van der Waals surface area contributed by atoms with Gasteiger partial charge in [-0.25, -0.2) is 13.2 Å². The summed E-state index contributed by atoms with van der Waals surface area (Å²) < 4.78 is 29.5. The van der Waals surface area contributed by atoms with Crippen LogP contribution < -0.4 is 5.69 Å². The molecule has 4 rings (SSSR count). The minimum atomic E-state index is -3.67. The third kappa shape index (κ3) is 3.98. The molecule has 0 spiro atoms. The smallest absolute Gasteiger partial charge is 0.326 e. The molecule has 1 fully saturated rings. The number of nitrogens with one attached hydrogen (secondary N) is 1. The zero-order valence-corrected chi connectivity index (χ0v) is 19.1. The Morgan fingerprint density at radius 1 is 1.03 bits per heavy atom. The van der Waals surface area contributed by atoms with E-state index < -0.39 is 10.0 Å². The molecule has 1 N–H and O–H groups in total. The number of sulfonamides is 1. The molecule has 8 nitrogen and oxygen atoms in total. The highest BCUT2D eigenvalue weighted by atomic mass is 32.2. The average molecular weight is 457 g/mol. The molecule has 1 amide bonds. The lowest BCUT2D eigenvalue weighted by Gasteiger charge is -2.31. The number of benzene rings is 2. The van der Waals surface area contributed by atoms with Crippen molar-refractivity contribution in [2.45, 2.75) is 37.6 Å². The molecule has 1 aliphatic rings. The highest BCUT2D eigenvalue weighted by Gasteiger charge is 2.31. The van der Waals surface area contributed by atoms with Gasteiger partial charge < -0.3 is 9.88 Å². The van der Waals surface area contributed by atoms with Crippen LogP contribution in [-0.2, 0) is 10.0 Å². The first-order valence-corrected chi connectivity index (χ1v) is 12.4. The summed E-state index contributed by atoms with van der Waals surface area (Å²) in [6.45, 7) is 5.69. The lowest BCUT2D eigenvalue weighted by Crippen LogP contribution is -2.40.